The van der Waals surface area contributed by atoms with Crippen LogP contribution < -0.4 is 10.1 Å². The van der Waals surface area contributed by atoms with Crippen molar-refractivity contribution >= 4 is 12.0 Å². The minimum Gasteiger partial charge on any atom is -0.496 e. The van der Waals surface area contributed by atoms with Crippen LogP contribution in [0.3, 0.4) is 0 Å². The van der Waals surface area contributed by atoms with Gasteiger partial charge in [0.15, 0.2) is 0 Å². The first-order chi connectivity index (χ1) is 10.0. The minimum atomic E-state index is -0.811. The number of carboxylic acid groups (broad SMARTS) is 1. The topological polar surface area (TPSA) is 78.9 Å². The van der Waals surface area contributed by atoms with Gasteiger partial charge in [-0.2, -0.15) is 0 Å². The largest absolute Gasteiger partial charge is 0.496 e. The molecule has 0 fully saturated rings. The van der Waals surface area contributed by atoms with Crippen LogP contribution >= 0.6 is 0 Å². The Labute approximate surface area is 124 Å². The molecule has 21 heavy (non-hydrogen) atoms. The predicted molar refractivity (Wildman–Crippen MR) is 79.3 cm³/mol. The van der Waals surface area contributed by atoms with Gasteiger partial charge in [-0.15, -0.1) is 0 Å². The monoisotopic (exact) mass is 294 g/mol. The van der Waals surface area contributed by atoms with E-state index in [0.29, 0.717) is 25.9 Å². The van der Waals surface area contributed by atoms with E-state index in [2.05, 4.69) is 5.32 Å². The lowest BCUT2D eigenvalue weighted by Gasteiger charge is -2.19. The van der Waals surface area contributed by atoms with Crippen molar-refractivity contribution in [2.75, 3.05) is 20.7 Å². The van der Waals surface area contributed by atoms with E-state index < -0.39 is 5.97 Å². The van der Waals surface area contributed by atoms with Crippen molar-refractivity contribution in [3.63, 3.8) is 0 Å². The summed E-state index contributed by atoms with van der Waals surface area (Å²) in [5.41, 5.74) is 0.934. The molecule has 0 bridgehead atoms. The number of nitrogens with zero attached hydrogens (tertiary/aromatic N) is 1. The number of amides is 2. The van der Waals surface area contributed by atoms with Gasteiger partial charge in [-0.25, -0.2) is 4.79 Å². The summed E-state index contributed by atoms with van der Waals surface area (Å²) in [6.45, 7) is 0.924. The number of para-hydroxylation sites is 1. The number of nitrogens with one attached hydrogen (secondary N) is 1. The number of hydrogen-bond donors (Lipinski definition) is 2. The molecule has 1 aromatic rings. The lowest BCUT2D eigenvalue weighted by molar-refractivity contribution is -0.137. The molecule has 0 aliphatic heterocycles. The van der Waals surface area contributed by atoms with Crippen LogP contribution in [0, 0.1) is 0 Å². The quantitative estimate of drug-likeness (QED) is 0.720. The third kappa shape index (κ3) is 6.16. The maximum absolute atomic E-state index is 11.9. The molecule has 0 aromatic heterocycles. The Kier molecular flexibility index (Phi) is 7.08. The summed E-state index contributed by atoms with van der Waals surface area (Å²) < 4.78 is 5.25. The van der Waals surface area contributed by atoms with Gasteiger partial charge in [0.2, 0.25) is 0 Å². The van der Waals surface area contributed by atoms with Crippen molar-refractivity contribution in [2.45, 2.75) is 25.8 Å². The number of urea groups is 1. The van der Waals surface area contributed by atoms with Crippen molar-refractivity contribution < 1.29 is 19.4 Å². The molecule has 0 heterocycles. The van der Waals surface area contributed by atoms with Crippen molar-refractivity contribution in [3.8, 4) is 5.75 Å². The highest BCUT2D eigenvalue weighted by molar-refractivity contribution is 5.73. The lowest BCUT2D eigenvalue weighted by Crippen LogP contribution is -2.37. The molecule has 0 atom stereocenters. The van der Waals surface area contributed by atoms with Crippen LogP contribution in [0.25, 0.3) is 0 Å². The van der Waals surface area contributed by atoms with Crippen LogP contribution in [0.2, 0.25) is 0 Å². The van der Waals surface area contributed by atoms with E-state index in [9.17, 15) is 9.59 Å². The van der Waals surface area contributed by atoms with E-state index in [0.717, 1.165) is 11.3 Å². The van der Waals surface area contributed by atoms with E-state index in [1.165, 1.54) is 0 Å². The molecule has 1 rings (SSSR count). The molecule has 116 valence electrons. The molecule has 2 N–H and O–H groups in total. The molecular weight excluding hydrogens is 272 g/mol. The number of ether oxygens (including phenoxy) is 1. The first-order valence-electron chi connectivity index (χ1n) is 6.87. The van der Waals surface area contributed by atoms with Crippen LogP contribution in [-0.4, -0.2) is 42.7 Å². The molecule has 0 radical (unpaired) electrons. The summed E-state index contributed by atoms with van der Waals surface area (Å²) in [5, 5.41) is 11.3. The van der Waals surface area contributed by atoms with Crippen molar-refractivity contribution in [1.29, 1.82) is 0 Å². The smallest absolute Gasteiger partial charge is 0.317 e. The fourth-order valence-corrected chi connectivity index (χ4v) is 1.89. The zero-order valence-corrected chi connectivity index (χ0v) is 12.5. The van der Waals surface area contributed by atoms with Gasteiger partial charge in [-0.05, 0) is 18.9 Å². The Morgan fingerprint density at radius 2 is 2.00 bits per heavy atom. The molecule has 0 aliphatic rings. The average molecular weight is 294 g/mol. The summed E-state index contributed by atoms with van der Waals surface area (Å²) in [5.74, 6) is -0.0618. The Hall–Kier alpha value is -2.24. The molecule has 6 heteroatoms. The first kappa shape index (κ1) is 16.8. The van der Waals surface area contributed by atoms with Crippen LogP contribution in [-0.2, 0) is 11.3 Å². The maximum atomic E-state index is 11.9. The first-order valence-corrected chi connectivity index (χ1v) is 6.87. The van der Waals surface area contributed by atoms with E-state index in [4.69, 9.17) is 9.84 Å². The third-order valence-corrected chi connectivity index (χ3v) is 3.04. The Balaban J connectivity index is 2.35. The second-order valence-electron chi connectivity index (χ2n) is 4.75. The van der Waals surface area contributed by atoms with E-state index >= 15 is 0 Å². The molecule has 6 nitrogen and oxygen atoms in total. The highest BCUT2D eigenvalue weighted by Gasteiger charge is 2.11. The highest BCUT2D eigenvalue weighted by atomic mass is 16.5. The molecule has 2 amide bonds. The molecular formula is C15H22N2O4. The van der Waals surface area contributed by atoms with Crippen LogP contribution in [0.5, 0.6) is 5.75 Å². The average Bonchev–Trinajstić information content (AvgIpc) is 2.46. The number of methoxy groups -OCH3 is 1. The van der Waals surface area contributed by atoms with Gasteiger partial charge in [0.05, 0.1) is 13.7 Å². The molecule has 0 unspecified atom stereocenters. The fraction of sp³-hybridized carbons (Fsp3) is 0.467. The van der Waals surface area contributed by atoms with Gasteiger partial charge in [0.25, 0.3) is 0 Å². The molecule has 0 saturated carbocycles. The number of hydrogen-bond acceptors (Lipinski definition) is 3. The third-order valence-electron chi connectivity index (χ3n) is 3.04. The SMILES string of the molecule is COc1ccccc1CN(C)C(=O)NCCCCC(=O)O. The summed E-state index contributed by atoms with van der Waals surface area (Å²) in [6, 6.07) is 7.36. The number of unbranched alkanes of at least 4 members (excludes halogenated alkanes) is 1. The zero-order chi connectivity index (χ0) is 15.7. The molecule has 1 aromatic carbocycles. The maximum Gasteiger partial charge on any atom is 0.317 e. The lowest BCUT2D eigenvalue weighted by atomic mass is 10.2. The number of aliphatic carboxylic acids is 1. The van der Waals surface area contributed by atoms with Gasteiger partial charge < -0.3 is 20.1 Å². The minimum absolute atomic E-state index is 0.132. The molecule has 0 spiro atoms. The summed E-state index contributed by atoms with van der Waals surface area (Å²) in [7, 11) is 3.31. The molecule has 0 aliphatic carbocycles. The summed E-state index contributed by atoms with van der Waals surface area (Å²) in [4.78, 5) is 23.8. The Morgan fingerprint density at radius 1 is 1.29 bits per heavy atom. The number of carbonyl (C=O) groups is 2. The number of carboxylic acids is 1. The highest BCUT2D eigenvalue weighted by Crippen LogP contribution is 2.18. The zero-order valence-electron chi connectivity index (χ0n) is 12.5. The van der Waals surface area contributed by atoms with Gasteiger partial charge in [0.1, 0.15) is 5.75 Å². The van der Waals surface area contributed by atoms with Gasteiger partial charge in [-0.3, -0.25) is 4.79 Å². The second-order valence-corrected chi connectivity index (χ2v) is 4.75. The van der Waals surface area contributed by atoms with Crippen molar-refractivity contribution in [1.82, 2.24) is 10.2 Å². The van der Waals surface area contributed by atoms with E-state index in [1.807, 2.05) is 24.3 Å². The van der Waals surface area contributed by atoms with Gasteiger partial charge in [-0.1, -0.05) is 18.2 Å². The number of rotatable bonds is 8. The van der Waals surface area contributed by atoms with E-state index in [1.54, 1.807) is 19.1 Å². The Bertz CT molecular complexity index is 476. The van der Waals surface area contributed by atoms with Crippen LogP contribution in [0.1, 0.15) is 24.8 Å². The second kappa shape index (κ2) is 8.84. The normalized spacial score (nSPS) is 10.0. The predicted octanol–water partition coefficient (Wildman–Crippen LogP) is 2.09. The van der Waals surface area contributed by atoms with Crippen LogP contribution in [0.4, 0.5) is 4.79 Å². The standard InChI is InChI=1S/C15H22N2O4/c1-17(11-12-7-3-4-8-13(12)21-2)15(20)16-10-6-5-9-14(18)19/h3-4,7-8H,5-6,9-11H2,1-2H3,(H,16,20)(H,18,19). The van der Waals surface area contributed by atoms with Crippen molar-refractivity contribution in [3.05, 3.63) is 29.8 Å². The fourth-order valence-electron chi connectivity index (χ4n) is 1.89. The molecule has 0 saturated heterocycles. The summed E-state index contributed by atoms with van der Waals surface area (Å²) in [6.07, 6.45) is 1.35. The Morgan fingerprint density at radius 3 is 2.67 bits per heavy atom. The van der Waals surface area contributed by atoms with Crippen LogP contribution in [0.15, 0.2) is 24.3 Å². The van der Waals surface area contributed by atoms with Gasteiger partial charge >= 0.3 is 12.0 Å². The number of benzene rings is 1. The summed E-state index contributed by atoms with van der Waals surface area (Å²) >= 11 is 0. The van der Waals surface area contributed by atoms with E-state index in [-0.39, 0.29) is 12.5 Å². The van der Waals surface area contributed by atoms with Crippen molar-refractivity contribution in [2.24, 2.45) is 0 Å². The van der Waals surface area contributed by atoms with Gasteiger partial charge in [0, 0.05) is 25.6 Å². The number of carbonyl (C=O) groups excluding carboxylic acids is 1.